The van der Waals surface area contributed by atoms with Gasteiger partial charge < -0.3 is 14.8 Å². The van der Waals surface area contributed by atoms with Gasteiger partial charge in [-0.2, -0.15) is 5.26 Å². The molecule has 8 nitrogen and oxygen atoms in total. The summed E-state index contributed by atoms with van der Waals surface area (Å²) in [7, 11) is 1.54. The minimum absolute atomic E-state index is 0.159. The third kappa shape index (κ3) is 5.36. The number of amides is 1. The predicted molar refractivity (Wildman–Crippen MR) is 115 cm³/mol. The lowest BCUT2D eigenvalue weighted by Gasteiger charge is -2.19. The lowest BCUT2D eigenvalue weighted by Crippen LogP contribution is -2.35. The standard InChI is InChI=1S/C23H20N4O4/c1-30-20-12-6-5-11-19(20)26-22-18(10-7-14-25-22)23(29)31-16-21(28)27(15-13-24)17-8-3-2-4-9-17/h2-12,14H,15-16H2,1H3,(H,25,26). The lowest BCUT2D eigenvalue weighted by molar-refractivity contribution is -0.121. The van der Waals surface area contributed by atoms with Crippen molar-refractivity contribution in [3.63, 3.8) is 0 Å². The van der Waals surface area contributed by atoms with Crippen LogP contribution >= 0.6 is 0 Å². The number of nitriles is 1. The van der Waals surface area contributed by atoms with Crippen LogP contribution in [0.4, 0.5) is 17.2 Å². The summed E-state index contributed by atoms with van der Waals surface area (Å²) >= 11 is 0. The number of ether oxygens (including phenoxy) is 2. The maximum atomic E-state index is 12.7. The van der Waals surface area contributed by atoms with Crippen LogP contribution in [0.15, 0.2) is 72.9 Å². The molecular formula is C23H20N4O4. The molecule has 3 aromatic rings. The first kappa shape index (κ1) is 21.3. The van der Waals surface area contributed by atoms with Gasteiger partial charge in [0.15, 0.2) is 6.61 Å². The van der Waals surface area contributed by atoms with E-state index >= 15 is 0 Å². The van der Waals surface area contributed by atoms with Gasteiger partial charge in [-0.3, -0.25) is 9.69 Å². The molecular weight excluding hydrogens is 396 g/mol. The quantitative estimate of drug-likeness (QED) is 0.442. The van der Waals surface area contributed by atoms with Crippen molar-refractivity contribution in [3.05, 3.63) is 78.5 Å². The molecule has 0 spiro atoms. The smallest absolute Gasteiger partial charge is 0.342 e. The van der Waals surface area contributed by atoms with Crippen molar-refractivity contribution in [1.82, 2.24) is 4.98 Å². The molecule has 0 aliphatic rings. The average molecular weight is 416 g/mol. The second kappa shape index (κ2) is 10.4. The lowest BCUT2D eigenvalue weighted by atomic mass is 10.2. The number of anilines is 3. The minimum atomic E-state index is -0.719. The van der Waals surface area contributed by atoms with Crippen LogP contribution in [0.3, 0.4) is 0 Å². The molecule has 156 valence electrons. The summed E-state index contributed by atoms with van der Waals surface area (Å²) < 4.78 is 10.5. The van der Waals surface area contributed by atoms with Crippen molar-refractivity contribution in [2.45, 2.75) is 0 Å². The minimum Gasteiger partial charge on any atom is -0.495 e. The van der Waals surface area contributed by atoms with E-state index in [0.29, 0.717) is 17.1 Å². The average Bonchev–Trinajstić information content (AvgIpc) is 2.82. The van der Waals surface area contributed by atoms with E-state index in [4.69, 9.17) is 14.7 Å². The summed E-state index contributed by atoms with van der Waals surface area (Å²) in [6.07, 6.45) is 1.53. The van der Waals surface area contributed by atoms with Crippen molar-refractivity contribution in [2.75, 3.05) is 30.5 Å². The van der Waals surface area contributed by atoms with Gasteiger partial charge in [0.2, 0.25) is 0 Å². The Morgan fingerprint density at radius 3 is 2.55 bits per heavy atom. The van der Waals surface area contributed by atoms with Crippen LogP contribution in [0, 0.1) is 11.3 Å². The van der Waals surface area contributed by atoms with E-state index in [-0.39, 0.29) is 17.9 Å². The number of para-hydroxylation sites is 3. The van der Waals surface area contributed by atoms with Crippen LogP contribution in [0.1, 0.15) is 10.4 Å². The number of hydrogen-bond donors (Lipinski definition) is 1. The Kier molecular flexibility index (Phi) is 7.16. The van der Waals surface area contributed by atoms with Gasteiger partial charge in [-0.25, -0.2) is 9.78 Å². The summed E-state index contributed by atoms with van der Waals surface area (Å²) in [5.41, 5.74) is 1.33. The number of carbonyl (C=O) groups is 2. The number of nitrogens with zero attached hydrogens (tertiary/aromatic N) is 3. The van der Waals surface area contributed by atoms with Gasteiger partial charge in [0.05, 0.1) is 18.9 Å². The largest absolute Gasteiger partial charge is 0.495 e. The summed E-state index contributed by atoms with van der Waals surface area (Å²) in [4.78, 5) is 30.7. The van der Waals surface area contributed by atoms with Crippen LogP contribution in [-0.2, 0) is 9.53 Å². The maximum Gasteiger partial charge on any atom is 0.342 e. The van der Waals surface area contributed by atoms with Crippen molar-refractivity contribution in [1.29, 1.82) is 5.26 Å². The van der Waals surface area contributed by atoms with Crippen LogP contribution in [0.25, 0.3) is 0 Å². The second-order valence-electron chi connectivity index (χ2n) is 6.27. The molecule has 0 radical (unpaired) electrons. The van der Waals surface area contributed by atoms with E-state index in [1.165, 1.54) is 11.1 Å². The van der Waals surface area contributed by atoms with E-state index in [0.717, 1.165) is 0 Å². The third-order valence-electron chi connectivity index (χ3n) is 4.31. The topological polar surface area (TPSA) is 105 Å². The molecule has 1 aromatic heterocycles. The Labute approximate surface area is 179 Å². The maximum absolute atomic E-state index is 12.7. The number of aromatic nitrogens is 1. The van der Waals surface area contributed by atoms with Crippen LogP contribution in [-0.4, -0.2) is 37.1 Å². The highest BCUT2D eigenvalue weighted by atomic mass is 16.5. The molecule has 0 aliphatic heterocycles. The van der Waals surface area contributed by atoms with Gasteiger partial charge in [-0.1, -0.05) is 30.3 Å². The molecule has 0 bridgehead atoms. The first-order valence-electron chi connectivity index (χ1n) is 9.38. The Morgan fingerprint density at radius 1 is 1.06 bits per heavy atom. The zero-order chi connectivity index (χ0) is 22.1. The summed E-state index contributed by atoms with van der Waals surface area (Å²) in [5.74, 6) is -0.382. The number of carbonyl (C=O) groups excluding carboxylic acids is 2. The van der Waals surface area contributed by atoms with E-state index in [9.17, 15) is 9.59 Å². The molecule has 0 aliphatic carbocycles. The zero-order valence-corrected chi connectivity index (χ0v) is 16.8. The van der Waals surface area contributed by atoms with Gasteiger partial charge in [-0.05, 0) is 36.4 Å². The molecule has 1 heterocycles. The first-order valence-corrected chi connectivity index (χ1v) is 9.38. The molecule has 2 aromatic carbocycles. The number of pyridine rings is 1. The van der Waals surface area contributed by atoms with E-state index in [1.54, 1.807) is 61.7 Å². The molecule has 0 fully saturated rings. The van der Waals surface area contributed by atoms with Gasteiger partial charge in [-0.15, -0.1) is 0 Å². The fraction of sp³-hybridized carbons (Fsp3) is 0.130. The fourth-order valence-electron chi connectivity index (χ4n) is 2.83. The third-order valence-corrected chi connectivity index (χ3v) is 4.31. The Morgan fingerprint density at radius 2 is 1.81 bits per heavy atom. The molecule has 0 unspecified atom stereocenters. The summed E-state index contributed by atoms with van der Waals surface area (Å²) in [6.45, 7) is -0.674. The van der Waals surface area contributed by atoms with Crippen LogP contribution in [0.5, 0.6) is 5.75 Å². The van der Waals surface area contributed by atoms with Crippen molar-refractivity contribution in [2.24, 2.45) is 0 Å². The monoisotopic (exact) mass is 416 g/mol. The van der Waals surface area contributed by atoms with E-state index < -0.39 is 18.5 Å². The molecule has 3 rings (SSSR count). The molecule has 31 heavy (non-hydrogen) atoms. The second-order valence-corrected chi connectivity index (χ2v) is 6.27. The number of rotatable bonds is 8. The SMILES string of the molecule is COc1ccccc1Nc1ncccc1C(=O)OCC(=O)N(CC#N)c1ccccc1. The Balaban J connectivity index is 1.72. The van der Waals surface area contributed by atoms with Crippen molar-refractivity contribution in [3.8, 4) is 11.8 Å². The highest BCUT2D eigenvalue weighted by Crippen LogP contribution is 2.27. The Hall–Kier alpha value is -4.38. The Bertz CT molecular complexity index is 1100. The van der Waals surface area contributed by atoms with E-state index in [2.05, 4.69) is 10.3 Å². The molecule has 1 N–H and O–H groups in total. The molecule has 8 heteroatoms. The highest BCUT2D eigenvalue weighted by Gasteiger charge is 2.20. The van der Waals surface area contributed by atoms with E-state index in [1.807, 2.05) is 18.2 Å². The molecule has 0 saturated carbocycles. The summed E-state index contributed by atoms with van der Waals surface area (Å²) in [6, 6.07) is 21.0. The van der Waals surface area contributed by atoms with Gasteiger partial charge >= 0.3 is 5.97 Å². The first-order chi connectivity index (χ1) is 15.1. The number of esters is 1. The molecule has 0 saturated heterocycles. The van der Waals surface area contributed by atoms with Crippen LogP contribution in [0.2, 0.25) is 0 Å². The molecule has 1 amide bonds. The number of nitrogens with one attached hydrogen (secondary N) is 1. The van der Waals surface area contributed by atoms with Gasteiger partial charge in [0.1, 0.15) is 23.7 Å². The normalized spacial score (nSPS) is 9.94. The number of methoxy groups -OCH3 is 1. The fourth-order valence-corrected chi connectivity index (χ4v) is 2.83. The zero-order valence-electron chi connectivity index (χ0n) is 16.8. The predicted octanol–water partition coefficient (Wildman–Crippen LogP) is 3.55. The molecule has 0 atom stereocenters. The van der Waals surface area contributed by atoms with Crippen LogP contribution < -0.4 is 15.0 Å². The number of benzene rings is 2. The summed E-state index contributed by atoms with van der Waals surface area (Å²) in [5, 5.41) is 12.1. The van der Waals surface area contributed by atoms with Gasteiger partial charge in [0.25, 0.3) is 5.91 Å². The number of hydrogen-bond acceptors (Lipinski definition) is 7. The van der Waals surface area contributed by atoms with Crippen molar-refractivity contribution >= 4 is 29.1 Å². The van der Waals surface area contributed by atoms with Crippen molar-refractivity contribution < 1.29 is 19.1 Å². The van der Waals surface area contributed by atoms with Gasteiger partial charge in [0, 0.05) is 11.9 Å². The highest BCUT2D eigenvalue weighted by molar-refractivity contribution is 5.99.